The Labute approximate surface area is 129 Å². The van der Waals surface area contributed by atoms with E-state index in [4.69, 9.17) is 17.2 Å². The molecule has 0 unspecified atom stereocenters. The number of rotatable bonds is 1. The molecular formula is C19H17N3. The van der Waals surface area contributed by atoms with Crippen LogP contribution in [0.3, 0.4) is 0 Å². The van der Waals surface area contributed by atoms with E-state index in [1.807, 2.05) is 24.3 Å². The van der Waals surface area contributed by atoms with E-state index >= 15 is 0 Å². The SMILES string of the molecule is Nc1c(N)c(-c2ccccc2)c2c(c1N)-c1ccccc1C2. The molecule has 4 rings (SSSR count). The summed E-state index contributed by atoms with van der Waals surface area (Å²) >= 11 is 0. The summed E-state index contributed by atoms with van der Waals surface area (Å²) in [5.41, 5.74) is 27.2. The molecule has 22 heavy (non-hydrogen) atoms. The maximum absolute atomic E-state index is 6.32. The molecule has 0 aliphatic heterocycles. The molecule has 3 aromatic carbocycles. The van der Waals surface area contributed by atoms with Crippen LogP contribution in [0.1, 0.15) is 11.1 Å². The van der Waals surface area contributed by atoms with Gasteiger partial charge in [-0.05, 0) is 28.7 Å². The lowest BCUT2D eigenvalue weighted by Crippen LogP contribution is -2.06. The largest absolute Gasteiger partial charge is 0.396 e. The Morgan fingerprint density at radius 2 is 1.27 bits per heavy atom. The van der Waals surface area contributed by atoms with Crippen LogP contribution in [0.4, 0.5) is 17.1 Å². The zero-order chi connectivity index (χ0) is 15.3. The summed E-state index contributed by atoms with van der Waals surface area (Å²) in [5, 5.41) is 0. The fourth-order valence-corrected chi connectivity index (χ4v) is 3.39. The Kier molecular flexibility index (Phi) is 2.63. The van der Waals surface area contributed by atoms with Gasteiger partial charge in [-0.25, -0.2) is 0 Å². The van der Waals surface area contributed by atoms with Gasteiger partial charge in [0.25, 0.3) is 0 Å². The van der Waals surface area contributed by atoms with E-state index in [1.54, 1.807) is 0 Å². The molecule has 0 fully saturated rings. The van der Waals surface area contributed by atoms with E-state index in [-0.39, 0.29) is 0 Å². The number of nitrogen functional groups attached to an aromatic ring is 3. The fraction of sp³-hybridized carbons (Fsp3) is 0.0526. The van der Waals surface area contributed by atoms with E-state index in [2.05, 4.69) is 30.3 Å². The fourth-order valence-electron chi connectivity index (χ4n) is 3.39. The lowest BCUT2D eigenvalue weighted by Gasteiger charge is -2.18. The van der Waals surface area contributed by atoms with Gasteiger partial charge in [0.15, 0.2) is 0 Å². The van der Waals surface area contributed by atoms with Crippen molar-refractivity contribution in [2.75, 3.05) is 17.2 Å². The van der Waals surface area contributed by atoms with Crippen molar-refractivity contribution in [3.8, 4) is 22.3 Å². The molecule has 3 aromatic rings. The molecule has 0 radical (unpaired) electrons. The first-order chi connectivity index (χ1) is 10.7. The molecule has 6 N–H and O–H groups in total. The minimum absolute atomic E-state index is 0.481. The van der Waals surface area contributed by atoms with Gasteiger partial charge in [0.1, 0.15) is 0 Å². The predicted octanol–water partition coefficient (Wildman–Crippen LogP) is 3.67. The van der Waals surface area contributed by atoms with Gasteiger partial charge in [0.05, 0.1) is 17.1 Å². The van der Waals surface area contributed by atoms with Gasteiger partial charge in [0.2, 0.25) is 0 Å². The summed E-state index contributed by atoms with van der Waals surface area (Å²) in [7, 11) is 0. The predicted molar refractivity (Wildman–Crippen MR) is 93.4 cm³/mol. The highest BCUT2D eigenvalue weighted by Crippen LogP contribution is 2.50. The van der Waals surface area contributed by atoms with E-state index in [9.17, 15) is 0 Å². The van der Waals surface area contributed by atoms with E-state index in [0.29, 0.717) is 17.1 Å². The van der Waals surface area contributed by atoms with Gasteiger partial charge in [-0.2, -0.15) is 0 Å². The van der Waals surface area contributed by atoms with E-state index < -0.39 is 0 Å². The van der Waals surface area contributed by atoms with Crippen LogP contribution in [-0.2, 0) is 6.42 Å². The van der Waals surface area contributed by atoms with Crippen LogP contribution in [0.5, 0.6) is 0 Å². The standard InChI is InChI=1S/C19H17N3/c20-17-15(11-6-2-1-3-7-11)14-10-12-8-4-5-9-13(12)16(14)18(21)19(17)22/h1-9H,10,20-22H2. The number of hydrogen-bond donors (Lipinski definition) is 3. The molecule has 0 spiro atoms. The molecule has 1 aliphatic carbocycles. The minimum Gasteiger partial charge on any atom is -0.396 e. The van der Waals surface area contributed by atoms with Gasteiger partial charge in [-0.3, -0.25) is 0 Å². The van der Waals surface area contributed by atoms with Crippen molar-refractivity contribution in [3.05, 3.63) is 65.7 Å². The first-order valence-electron chi connectivity index (χ1n) is 7.31. The number of nitrogens with two attached hydrogens (primary N) is 3. The second-order valence-electron chi connectivity index (χ2n) is 5.67. The molecule has 1 aliphatic rings. The van der Waals surface area contributed by atoms with Crippen molar-refractivity contribution in [3.63, 3.8) is 0 Å². The third-order valence-corrected chi connectivity index (χ3v) is 4.44. The molecule has 0 bridgehead atoms. The number of anilines is 3. The van der Waals surface area contributed by atoms with Crippen LogP contribution < -0.4 is 17.2 Å². The maximum atomic E-state index is 6.32. The Morgan fingerprint density at radius 3 is 2.05 bits per heavy atom. The Morgan fingerprint density at radius 1 is 0.636 bits per heavy atom. The summed E-state index contributed by atoms with van der Waals surface area (Å²) in [4.78, 5) is 0. The third kappa shape index (κ3) is 1.62. The Balaban J connectivity index is 2.10. The second kappa shape index (κ2) is 4.53. The van der Waals surface area contributed by atoms with Gasteiger partial charge in [-0.1, -0.05) is 54.6 Å². The smallest absolute Gasteiger partial charge is 0.0794 e. The molecule has 0 saturated carbocycles. The van der Waals surface area contributed by atoms with Crippen LogP contribution in [0.2, 0.25) is 0 Å². The van der Waals surface area contributed by atoms with E-state index in [1.165, 1.54) is 16.7 Å². The zero-order valence-corrected chi connectivity index (χ0v) is 12.1. The average molecular weight is 287 g/mol. The first kappa shape index (κ1) is 12.8. The highest BCUT2D eigenvalue weighted by Gasteiger charge is 2.27. The number of hydrogen-bond acceptors (Lipinski definition) is 3. The van der Waals surface area contributed by atoms with Crippen LogP contribution in [0.15, 0.2) is 54.6 Å². The summed E-state index contributed by atoms with van der Waals surface area (Å²) < 4.78 is 0. The third-order valence-electron chi connectivity index (χ3n) is 4.44. The van der Waals surface area contributed by atoms with Crippen molar-refractivity contribution in [1.82, 2.24) is 0 Å². The van der Waals surface area contributed by atoms with Gasteiger partial charge in [0, 0.05) is 11.1 Å². The topological polar surface area (TPSA) is 78.1 Å². The molecule has 0 amide bonds. The minimum atomic E-state index is 0.481. The van der Waals surface area contributed by atoms with Crippen LogP contribution in [-0.4, -0.2) is 0 Å². The highest BCUT2D eigenvalue weighted by molar-refractivity contribution is 6.04. The molecule has 108 valence electrons. The molecule has 0 atom stereocenters. The summed E-state index contributed by atoms with van der Waals surface area (Å²) in [5.74, 6) is 0. The van der Waals surface area contributed by atoms with Gasteiger partial charge < -0.3 is 17.2 Å². The van der Waals surface area contributed by atoms with Crippen LogP contribution >= 0.6 is 0 Å². The van der Waals surface area contributed by atoms with Crippen molar-refractivity contribution in [2.24, 2.45) is 0 Å². The van der Waals surface area contributed by atoms with E-state index in [0.717, 1.165) is 23.1 Å². The molecular weight excluding hydrogens is 270 g/mol. The molecule has 0 heterocycles. The van der Waals surface area contributed by atoms with Gasteiger partial charge >= 0.3 is 0 Å². The highest BCUT2D eigenvalue weighted by atomic mass is 14.8. The number of benzene rings is 3. The number of fused-ring (bicyclic) bond motifs is 3. The average Bonchev–Trinajstić information content (AvgIpc) is 2.93. The summed E-state index contributed by atoms with van der Waals surface area (Å²) in [6, 6.07) is 18.5. The lowest BCUT2D eigenvalue weighted by molar-refractivity contribution is 1.26. The zero-order valence-electron chi connectivity index (χ0n) is 12.1. The van der Waals surface area contributed by atoms with Crippen LogP contribution in [0.25, 0.3) is 22.3 Å². The molecule has 0 saturated heterocycles. The maximum Gasteiger partial charge on any atom is 0.0794 e. The van der Waals surface area contributed by atoms with Gasteiger partial charge in [-0.15, -0.1) is 0 Å². The second-order valence-corrected chi connectivity index (χ2v) is 5.67. The normalized spacial score (nSPS) is 12.0. The molecule has 3 heteroatoms. The Hall–Kier alpha value is -2.94. The monoisotopic (exact) mass is 287 g/mol. The Bertz CT molecular complexity index is 883. The van der Waals surface area contributed by atoms with Crippen molar-refractivity contribution in [2.45, 2.75) is 6.42 Å². The quantitative estimate of drug-likeness (QED) is 0.467. The summed E-state index contributed by atoms with van der Waals surface area (Å²) in [6.45, 7) is 0. The summed E-state index contributed by atoms with van der Waals surface area (Å²) in [6.07, 6.45) is 0.838. The van der Waals surface area contributed by atoms with Crippen molar-refractivity contribution < 1.29 is 0 Å². The first-order valence-corrected chi connectivity index (χ1v) is 7.31. The van der Waals surface area contributed by atoms with Crippen LogP contribution in [0, 0.1) is 0 Å². The lowest BCUT2D eigenvalue weighted by atomic mass is 9.91. The molecule has 0 aromatic heterocycles. The van der Waals surface area contributed by atoms with Crippen molar-refractivity contribution >= 4 is 17.1 Å². The molecule has 3 nitrogen and oxygen atoms in total. The van der Waals surface area contributed by atoms with Crippen molar-refractivity contribution in [1.29, 1.82) is 0 Å².